The summed E-state index contributed by atoms with van der Waals surface area (Å²) >= 11 is 0. The molecule has 1 aromatic carbocycles. The van der Waals surface area contributed by atoms with Gasteiger partial charge in [-0.25, -0.2) is 0 Å². The lowest BCUT2D eigenvalue weighted by atomic mass is 9.57. The Morgan fingerprint density at radius 1 is 1.06 bits per heavy atom. The molecule has 0 unspecified atom stereocenters. The lowest BCUT2D eigenvalue weighted by molar-refractivity contribution is -0.146. The number of nitrogens with zero attached hydrogens (tertiary/aromatic N) is 4. The monoisotopic (exact) mass is 438 g/mol. The van der Waals surface area contributed by atoms with Gasteiger partial charge in [-0.15, -0.1) is 0 Å². The first-order valence-corrected chi connectivity index (χ1v) is 11.8. The third-order valence-corrected chi connectivity index (χ3v) is 8.13. The minimum Gasteiger partial charge on any atom is -0.370 e. The van der Waals surface area contributed by atoms with Gasteiger partial charge >= 0.3 is 0 Å². The molecule has 0 bridgehead atoms. The lowest BCUT2D eigenvalue weighted by Gasteiger charge is -2.52. The highest BCUT2D eigenvalue weighted by molar-refractivity contribution is 5.96. The molecule has 1 saturated carbocycles. The molecule has 1 spiro atoms. The SMILES string of the molecule is CN1CCN(c2cccc3c2CCN(C(=O)C2CC4(CCN(C(=N)N)CC4)C2)C3)C(=O)C1. The van der Waals surface area contributed by atoms with Crippen LogP contribution in [0.1, 0.15) is 36.8 Å². The average molecular weight is 439 g/mol. The van der Waals surface area contributed by atoms with Crippen LogP contribution in [0, 0.1) is 16.7 Å². The summed E-state index contributed by atoms with van der Waals surface area (Å²) in [4.78, 5) is 33.8. The number of rotatable bonds is 2. The molecule has 0 aromatic heterocycles. The largest absolute Gasteiger partial charge is 0.370 e. The molecule has 8 heteroatoms. The highest BCUT2D eigenvalue weighted by atomic mass is 16.2. The number of likely N-dealkylation sites (tertiary alicyclic amines) is 1. The van der Waals surface area contributed by atoms with Crippen molar-refractivity contribution in [1.29, 1.82) is 5.41 Å². The van der Waals surface area contributed by atoms with Gasteiger partial charge in [0, 0.05) is 50.9 Å². The van der Waals surface area contributed by atoms with Gasteiger partial charge in [0.05, 0.1) is 6.54 Å². The second-order valence-electron chi connectivity index (χ2n) is 10.2. The molecule has 4 aliphatic rings. The number of piperazine rings is 1. The van der Waals surface area contributed by atoms with E-state index in [1.165, 1.54) is 11.1 Å². The maximum atomic E-state index is 13.3. The fourth-order valence-corrected chi connectivity index (χ4v) is 6.12. The third kappa shape index (κ3) is 3.74. The summed E-state index contributed by atoms with van der Waals surface area (Å²) in [6.45, 7) is 5.11. The minimum atomic E-state index is 0.128. The number of anilines is 1. The van der Waals surface area contributed by atoms with Gasteiger partial charge in [-0.05, 0) is 61.8 Å². The Kier molecular flexibility index (Phi) is 5.35. The standard InChI is InChI=1S/C24H34N6O2/c1-27-11-12-30(21(31)16-27)20-4-2-3-17-15-29(8-5-19(17)20)22(32)18-13-24(14-18)6-9-28(10-7-24)23(25)26/h2-4,18H,5-16H2,1H3,(H3,25,26). The number of carbonyl (C=O) groups is 2. The van der Waals surface area contributed by atoms with Crippen molar-refractivity contribution >= 4 is 23.5 Å². The molecule has 3 heterocycles. The summed E-state index contributed by atoms with van der Waals surface area (Å²) in [6, 6.07) is 6.19. The van der Waals surface area contributed by atoms with E-state index in [1.54, 1.807) is 0 Å². The molecule has 172 valence electrons. The van der Waals surface area contributed by atoms with E-state index in [0.717, 1.165) is 70.5 Å². The molecule has 8 nitrogen and oxygen atoms in total. The van der Waals surface area contributed by atoms with E-state index in [2.05, 4.69) is 17.0 Å². The molecule has 1 aliphatic carbocycles. The minimum absolute atomic E-state index is 0.128. The van der Waals surface area contributed by atoms with Crippen LogP contribution in [0.2, 0.25) is 0 Å². The first-order chi connectivity index (χ1) is 15.3. The van der Waals surface area contributed by atoms with Crippen molar-refractivity contribution in [3.8, 4) is 0 Å². The number of carbonyl (C=O) groups excluding carboxylic acids is 2. The maximum Gasteiger partial charge on any atom is 0.241 e. The second kappa shape index (κ2) is 8.06. The zero-order valence-corrected chi connectivity index (χ0v) is 19.0. The van der Waals surface area contributed by atoms with Gasteiger partial charge in [0.25, 0.3) is 0 Å². The summed E-state index contributed by atoms with van der Waals surface area (Å²) < 4.78 is 0. The molecule has 3 aliphatic heterocycles. The fraction of sp³-hybridized carbons (Fsp3) is 0.625. The predicted molar refractivity (Wildman–Crippen MR) is 123 cm³/mol. The van der Waals surface area contributed by atoms with Crippen molar-refractivity contribution in [2.45, 2.75) is 38.6 Å². The number of benzene rings is 1. The molecule has 32 heavy (non-hydrogen) atoms. The zero-order valence-electron chi connectivity index (χ0n) is 19.0. The highest BCUT2D eigenvalue weighted by Gasteiger charge is 2.49. The van der Waals surface area contributed by atoms with Crippen LogP contribution in [0.5, 0.6) is 0 Å². The zero-order chi connectivity index (χ0) is 22.5. The van der Waals surface area contributed by atoms with Crippen molar-refractivity contribution in [1.82, 2.24) is 14.7 Å². The summed E-state index contributed by atoms with van der Waals surface area (Å²) in [7, 11) is 1.98. The van der Waals surface area contributed by atoms with E-state index < -0.39 is 0 Å². The number of likely N-dealkylation sites (N-methyl/N-ethyl adjacent to an activating group) is 1. The molecule has 0 radical (unpaired) electrons. The van der Waals surface area contributed by atoms with E-state index in [1.807, 2.05) is 27.8 Å². The quantitative estimate of drug-likeness (QED) is 0.535. The van der Waals surface area contributed by atoms with Crippen LogP contribution in [-0.4, -0.2) is 78.8 Å². The Morgan fingerprint density at radius 3 is 2.50 bits per heavy atom. The summed E-state index contributed by atoms with van der Waals surface area (Å²) in [6.07, 6.45) is 4.80. The number of amides is 2. The molecule has 2 saturated heterocycles. The number of hydrogen-bond acceptors (Lipinski definition) is 4. The Hall–Kier alpha value is -2.61. The van der Waals surface area contributed by atoms with Crippen molar-refractivity contribution in [3.63, 3.8) is 0 Å². The third-order valence-electron chi connectivity index (χ3n) is 8.13. The van der Waals surface area contributed by atoms with Crippen LogP contribution >= 0.6 is 0 Å². The molecular formula is C24H34N6O2. The number of hydrogen-bond donors (Lipinski definition) is 2. The van der Waals surface area contributed by atoms with Crippen LogP contribution in [0.4, 0.5) is 5.69 Å². The van der Waals surface area contributed by atoms with Crippen molar-refractivity contribution in [3.05, 3.63) is 29.3 Å². The summed E-state index contributed by atoms with van der Waals surface area (Å²) in [5.41, 5.74) is 9.34. The molecule has 3 fully saturated rings. The van der Waals surface area contributed by atoms with E-state index >= 15 is 0 Å². The van der Waals surface area contributed by atoms with Crippen LogP contribution in [0.3, 0.4) is 0 Å². The molecule has 1 aromatic rings. The highest BCUT2D eigenvalue weighted by Crippen LogP contribution is 2.53. The Morgan fingerprint density at radius 2 is 1.81 bits per heavy atom. The maximum absolute atomic E-state index is 13.3. The first kappa shape index (κ1) is 21.2. The van der Waals surface area contributed by atoms with Gasteiger partial charge in [-0.3, -0.25) is 19.9 Å². The number of nitrogens with one attached hydrogen (secondary N) is 1. The lowest BCUT2D eigenvalue weighted by Crippen LogP contribution is -2.54. The second-order valence-corrected chi connectivity index (χ2v) is 10.2. The molecule has 3 N–H and O–H groups in total. The van der Waals surface area contributed by atoms with E-state index in [4.69, 9.17) is 11.1 Å². The van der Waals surface area contributed by atoms with Gasteiger partial charge in [0.2, 0.25) is 11.8 Å². The fourth-order valence-electron chi connectivity index (χ4n) is 6.12. The van der Waals surface area contributed by atoms with Crippen molar-refractivity contribution in [2.24, 2.45) is 17.1 Å². The number of piperidine rings is 1. The molecule has 5 rings (SSSR count). The van der Waals surface area contributed by atoms with Gasteiger partial charge in [0.15, 0.2) is 5.96 Å². The van der Waals surface area contributed by atoms with Crippen LogP contribution in [-0.2, 0) is 22.6 Å². The number of nitrogens with two attached hydrogens (primary N) is 1. The molecular weight excluding hydrogens is 404 g/mol. The van der Waals surface area contributed by atoms with Gasteiger partial charge < -0.3 is 20.4 Å². The molecule has 2 amide bonds. The molecule has 0 atom stereocenters. The Bertz CT molecular complexity index is 930. The number of fused-ring (bicyclic) bond motifs is 1. The Labute approximate surface area is 189 Å². The van der Waals surface area contributed by atoms with E-state index in [-0.39, 0.29) is 29.1 Å². The van der Waals surface area contributed by atoms with Crippen molar-refractivity contribution in [2.75, 3.05) is 51.2 Å². The number of guanidine groups is 1. The topological polar surface area (TPSA) is 97.0 Å². The van der Waals surface area contributed by atoms with Crippen molar-refractivity contribution < 1.29 is 9.59 Å². The normalized spacial score (nSPS) is 23.8. The summed E-state index contributed by atoms with van der Waals surface area (Å²) in [5, 5.41) is 7.61. The predicted octanol–water partition coefficient (Wildman–Crippen LogP) is 1.24. The van der Waals surface area contributed by atoms with Crippen LogP contribution < -0.4 is 10.6 Å². The first-order valence-electron chi connectivity index (χ1n) is 11.8. The smallest absolute Gasteiger partial charge is 0.241 e. The van der Waals surface area contributed by atoms with Gasteiger partial charge in [0.1, 0.15) is 0 Å². The van der Waals surface area contributed by atoms with Gasteiger partial charge in [-0.1, -0.05) is 12.1 Å². The van der Waals surface area contributed by atoms with Crippen LogP contribution in [0.25, 0.3) is 0 Å². The van der Waals surface area contributed by atoms with Crippen LogP contribution in [0.15, 0.2) is 18.2 Å². The van der Waals surface area contributed by atoms with E-state index in [9.17, 15) is 9.59 Å². The Balaban J connectivity index is 1.22. The van der Waals surface area contributed by atoms with Gasteiger partial charge in [-0.2, -0.15) is 0 Å². The van der Waals surface area contributed by atoms with E-state index in [0.29, 0.717) is 13.1 Å². The summed E-state index contributed by atoms with van der Waals surface area (Å²) in [5.74, 6) is 0.733. The average Bonchev–Trinajstić information content (AvgIpc) is 2.76.